The van der Waals surface area contributed by atoms with E-state index < -0.39 is 5.95 Å². The van der Waals surface area contributed by atoms with Gasteiger partial charge >= 0.3 is 0 Å². The fraction of sp³-hybridized carbons (Fsp3) is 0.615. The van der Waals surface area contributed by atoms with Crippen molar-refractivity contribution in [3.63, 3.8) is 0 Å². The molecule has 2 nitrogen and oxygen atoms in total. The van der Waals surface area contributed by atoms with Crippen molar-refractivity contribution in [1.82, 2.24) is 4.98 Å². The molecule has 2 unspecified atom stereocenters. The summed E-state index contributed by atoms with van der Waals surface area (Å²) in [7, 11) is 0. The Kier molecular flexibility index (Phi) is 3.75. The summed E-state index contributed by atoms with van der Waals surface area (Å²) in [5.74, 6) is 1.10. The lowest BCUT2D eigenvalue weighted by atomic mass is 9.80. The van der Waals surface area contributed by atoms with Crippen molar-refractivity contribution in [3.8, 4) is 0 Å². The number of hydrogen-bond donors (Lipinski definition) is 1. The SMILES string of the molecule is CC1CCCCC1CNc1ccnc(F)c1. The van der Waals surface area contributed by atoms with E-state index in [-0.39, 0.29) is 0 Å². The smallest absolute Gasteiger partial charge is 0.214 e. The van der Waals surface area contributed by atoms with Gasteiger partial charge in [0.25, 0.3) is 0 Å². The molecule has 3 heteroatoms. The van der Waals surface area contributed by atoms with E-state index in [4.69, 9.17) is 0 Å². The van der Waals surface area contributed by atoms with Crippen LogP contribution in [0.5, 0.6) is 0 Å². The molecule has 1 N–H and O–H groups in total. The number of aromatic nitrogens is 1. The molecule has 2 rings (SSSR count). The highest BCUT2D eigenvalue weighted by Gasteiger charge is 2.20. The molecule has 0 aromatic carbocycles. The van der Waals surface area contributed by atoms with Crippen molar-refractivity contribution in [2.24, 2.45) is 11.8 Å². The van der Waals surface area contributed by atoms with Gasteiger partial charge in [0.2, 0.25) is 5.95 Å². The van der Waals surface area contributed by atoms with Crippen LogP contribution in [0.1, 0.15) is 32.6 Å². The maximum atomic E-state index is 12.9. The summed E-state index contributed by atoms with van der Waals surface area (Å²) in [6.07, 6.45) is 6.82. The van der Waals surface area contributed by atoms with Gasteiger partial charge in [-0.1, -0.05) is 26.2 Å². The highest BCUT2D eigenvalue weighted by atomic mass is 19.1. The molecule has 2 atom stereocenters. The molecule has 88 valence electrons. The van der Waals surface area contributed by atoms with E-state index in [1.165, 1.54) is 37.9 Å². The van der Waals surface area contributed by atoms with Gasteiger partial charge in [0.05, 0.1) is 0 Å². The van der Waals surface area contributed by atoms with Crippen LogP contribution >= 0.6 is 0 Å². The number of hydrogen-bond acceptors (Lipinski definition) is 2. The normalized spacial score (nSPS) is 25.4. The lowest BCUT2D eigenvalue weighted by molar-refractivity contribution is 0.268. The molecule has 0 aliphatic heterocycles. The number of nitrogens with zero attached hydrogens (tertiary/aromatic N) is 1. The summed E-state index contributed by atoms with van der Waals surface area (Å²) in [6.45, 7) is 3.27. The van der Waals surface area contributed by atoms with Crippen LogP contribution in [0.25, 0.3) is 0 Å². The summed E-state index contributed by atoms with van der Waals surface area (Å²) in [5.41, 5.74) is 0.838. The minimum Gasteiger partial charge on any atom is -0.385 e. The van der Waals surface area contributed by atoms with Gasteiger partial charge in [-0.2, -0.15) is 4.39 Å². The number of halogens is 1. The van der Waals surface area contributed by atoms with Gasteiger partial charge in [0.1, 0.15) is 0 Å². The fourth-order valence-electron chi connectivity index (χ4n) is 2.46. The van der Waals surface area contributed by atoms with Gasteiger partial charge in [-0.3, -0.25) is 0 Å². The van der Waals surface area contributed by atoms with Gasteiger partial charge in [0, 0.05) is 24.5 Å². The van der Waals surface area contributed by atoms with E-state index in [1.54, 1.807) is 0 Å². The van der Waals surface area contributed by atoms with E-state index in [0.717, 1.165) is 24.1 Å². The molecule has 0 amide bonds. The molecular formula is C13H19FN2. The summed E-state index contributed by atoms with van der Waals surface area (Å²) in [6, 6.07) is 3.27. The Morgan fingerprint density at radius 1 is 1.44 bits per heavy atom. The molecule has 0 radical (unpaired) electrons. The molecule has 1 heterocycles. The van der Waals surface area contributed by atoms with Gasteiger partial charge in [-0.05, 0) is 24.3 Å². The number of pyridine rings is 1. The topological polar surface area (TPSA) is 24.9 Å². The molecule has 1 saturated carbocycles. The molecule has 0 spiro atoms. The largest absolute Gasteiger partial charge is 0.385 e. The van der Waals surface area contributed by atoms with Crippen molar-refractivity contribution in [3.05, 3.63) is 24.3 Å². The predicted octanol–water partition coefficient (Wildman–Crippen LogP) is 3.46. The van der Waals surface area contributed by atoms with E-state index in [1.807, 2.05) is 6.07 Å². The number of nitrogens with one attached hydrogen (secondary N) is 1. The van der Waals surface area contributed by atoms with E-state index >= 15 is 0 Å². The minimum absolute atomic E-state index is 0.415. The van der Waals surface area contributed by atoms with Gasteiger partial charge in [0.15, 0.2) is 0 Å². The van der Waals surface area contributed by atoms with E-state index in [2.05, 4.69) is 17.2 Å². The van der Waals surface area contributed by atoms with Crippen LogP contribution in [-0.2, 0) is 0 Å². The first-order valence-corrected chi connectivity index (χ1v) is 6.11. The van der Waals surface area contributed by atoms with Crippen LogP contribution in [0.2, 0.25) is 0 Å². The Morgan fingerprint density at radius 3 is 3.00 bits per heavy atom. The molecule has 16 heavy (non-hydrogen) atoms. The highest BCUT2D eigenvalue weighted by molar-refractivity contribution is 5.41. The van der Waals surface area contributed by atoms with Crippen molar-refractivity contribution < 1.29 is 4.39 Å². The molecule has 0 bridgehead atoms. The van der Waals surface area contributed by atoms with Crippen molar-refractivity contribution in [2.45, 2.75) is 32.6 Å². The highest BCUT2D eigenvalue weighted by Crippen LogP contribution is 2.29. The Balaban J connectivity index is 1.86. The molecule has 0 saturated heterocycles. The summed E-state index contributed by atoms with van der Waals surface area (Å²) in [5, 5.41) is 3.31. The zero-order chi connectivity index (χ0) is 11.4. The number of anilines is 1. The molecule has 1 aromatic heterocycles. The predicted molar refractivity (Wildman–Crippen MR) is 63.8 cm³/mol. The zero-order valence-electron chi connectivity index (χ0n) is 9.75. The monoisotopic (exact) mass is 222 g/mol. The molecule has 1 fully saturated rings. The quantitative estimate of drug-likeness (QED) is 0.792. The summed E-state index contributed by atoms with van der Waals surface area (Å²) < 4.78 is 12.9. The van der Waals surface area contributed by atoms with E-state index in [0.29, 0.717) is 0 Å². The second-order valence-corrected chi connectivity index (χ2v) is 4.77. The van der Waals surface area contributed by atoms with Crippen molar-refractivity contribution in [1.29, 1.82) is 0 Å². The Bertz CT molecular complexity index is 340. The lowest BCUT2D eigenvalue weighted by Crippen LogP contribution is -2.24. The van der Waals surface area contributed by atoms with Crippen LogP contribution in [0.4, 0.5) is 10.1 Å². The standard InChI is InChI=1S/C13H19FN2/c1-10-4-2-3-5-11(10)9-16-12-6-7-15-13(14)8-12/h6-8,10-11H,2-5,9H2,1H3,(H,15,16). The third kappa shape index (κ3) is 2.94. The van der Waals surface area contributed by atoms with Crippen LogP contribution in [-0.4, -0.2) is 11.5 Å². The van der Waals surface area contributed by atoms with Crippen LogP contribution < -0.4 is 5.32 Å². The van der Waals surface area contributed by atoms with Gasteiger partial charge in [-0.15, -0.1) is 0 Å². The molecule has 1 aromatic rings. The van der Waals surface area contributed by atoms with Crippen LogP contribution in [0.3, 0.4) is 0 Å². The Hall–Kier alpha value is -1.12. The number of rotatable bonds is 3. The van der Waals surface area contributed by atoms with Crippen molar-refractivity contribution >= 4 is 5.69 Å². The third-order valence-corrected chi connectivity index (χ3v) is 3.58. The fourth-order valence-corrected chi connectivity index (χ4v) is 2.46. The summed E-state index contributed by atoms with van der Waals surface area (Å²) in [4.78, 5) is 3.54. The minimum atomic E-state index is -0.415. The zero-order valence-corrected chi connectivity index (χ0v) is 9.75. The van der Waals surface area contributed by atoms with Gasteiger partial charge in [-0.25, -0.2) is 4.98 Å². The average molecular weight is 222 g/mol. The lowest BCUT2D eigenvalue weighted by Gasteiger charge is -2.29. The first kappa shape index (κ1) is 11.4. The Morgan fingerprint density at radius 2 is 2.25 bits per heavy atom. The first-order chi connectivity index (χ1) is 7.75. The maximum absolute atomic E-state index is 12.9. The second kappa shape index (κ2) is 5.28. The van der Waals surface area contributed by atoms with Crippen molar-refractivity contribution in [2.75, 3.05) is 11.9 Å². The first-order valence-electron chi connectivity index (χ1n) is 6.11. The second-order valence-electron chi connectivity index (χ2n) is 4.77. The van der Waals surface area contributed by atoms with Crippen LogP contribution in [0.15, 0.2) is 18.3 Å². The van der Waals surface area contributed by atoms with Gasteiger partial charge < -0.3 is 5.32 Å². The maximum Gasteiger partial charge on any atom is 0.214 e. The Labute approximate surface area is 96.3 Å². The molecule has 1 aliphatic carbocycles. The molecular weight excluding hydrogens is 203 g/mol. The summed E-state index contributed by atoms with van der Waals surface area (Å²) >= 11 is 0. The third-order valence-electron chi connectivity index (χ3n) is 3.58. The van der Waals surface area contributed by atoms with Crippen LogP contribution in [0, 0.1) is 17.8 Å². The molecule has 1 aliphatic rings. The average Bonchev–Trinajstić information content (AvgIpc) is 2.28. The van der Waals surface area contributed by atoms with E-state index in [9.17, 15) is 4.39 Å².